The van der Waals surface area contributed by atoms with Crippen molar-refractivity contribution in [3.63, 3.8) is 0 Å². The fraction of sp³-hybridized carbons (Fsp3) is 0.438. The highest BCUT2D eigenvalue weighted by atomic mass is 35.5. The van der Waals surface area contributed by atoms with E-state index in [-0.39, 0.29) is 10.8 Å². The van der Waals surface area contributed by atoms with Gasteiger partial charge in [-0.25, -0.2) is 17.9 Å². The molecule has 1 aliphatic heterocycles. The van der Waals surface area contributed by atoms with Crippen LogP contribution in [0.2, 0.25) is 5.02 Å². The van der Waals surface area contributed by atoms with Gasteiger partial charge in [0.2, 0.25) is 10.0 Å². The zero-order valence-corrected chi connectivity index (χ0v) is 16.1. The summed E-state index contributed by atoms with van der Waals surface area (Å²) in [6.07, 6.45) is 6.22. The SMILES string of the molecule is Cc1c(S(=O)(=O)N2CCC(c3cn4ncnc4cc3Cl)CC2)cnn1C. The molecule has 138 valence electrons. The second kappa shape index (κ2) is 6.33. The molecule has 0 amide bonds. The van der Waals surface area contributed by atoms with Crippen LogP contribution >= 0.6 is 11.6 Å². The van der Waals surface area contributed by atoms with Gasteiger partial charge in [0.05, 0.1) is 11.9 Å². The fourth-order valence-corrected chi connectivity index (χ4v) is 5.39. The van der Waals surface area contributed by atoms with Crippen molar-refractivity contribution in [2.45, 2.75) is 30.6 Å². The van der Waals surface area contributed by atoms with Gasteiger partial charge in [0.15, 0.2) is 5.65 Å². The molecule has 0 radical (unpaired) electrons. The van der Waals surface area contributed by atoms with Gasteiger partial charge in [-0.3, -0.25) is 4.68 Å². The summed E-state index contributed by atoms with van der Waals surface area (Å²) >= 11 is 6.42. The second-order valence-electron chi connectivity index (χ2n) is 6.54. The molecular weight excluding hydrogens is 376 g/mol. The fourth-order valence-electron chi connectivity index (χ4n) is 3.43. The average molecular weight is 395 g/mol. The number of halogens is 1. The molecular formula is C16H19ClN6O2S. The third kappa shape index (κ3) is 2.80. The van der Waals surface area contributed by atoms with Crippen molar-refractivity contribution in [2.75, 3.05) is 13.1 Å². The summed E-state index contributed by atoms with van der Waals surface area (Å²) in [7, 11) is -1.78. The van der Waals surface area contributed by atoms with Gasteiger partial charge in [-0.15, -0.1) is 0 Å². The Labute approximate surface area is 156 Å². The van der Waals surface area contributed by atoms with E-state index in [1.165, 1.54) is 16.8 Å². The van der Waals surface area contributed by atoms with Crippen LogP contribution in [0.5, 0.6) is 0 Å². The zero-order valence-electron chi connectivity index (χ0n) is 14.5. The van der Waals surface area contributed by atoms with Crippen LogP contribution in [0, 0.1) is 6.92 Å². The zero-order chi connectivity index (χ0) is 18.5. The number of hydrogen-bond donors (Lipinski definition) is 0. The van der Waals surface area contributed by atoms with Crippen molar-refractivity contribution < 1.29 is 8.42 Å². The molecule has 4 heterocycles. The molecule has 0 N–H and O–H groups in total. The van der Waals surface area contributed by atoms with E-state index in [1.807, 2.05) is 6.20 Å². The van der Waals surface area contributed by atoms with Crippen LogP contribution in [-0.2, 0) is 17.1 Å². The van der Waals surface area contributed by atoms with Crippen molar-refractivity contribution >= 4 is 27.3 Å². The van der Waals surface area contributed by atoms with Gasteiger partial charge in [0.1, 0.15) is 11.2 Å². The minimum atomic E-state index is -3.52. The van der Waals surface area contributed by atoms with Crippen molar-refractivity contribution in [2.24, 2.45) is 7.05 Å². The van der Waals surface area contributed by atoms with Gasteiger partial charge in [-0.05, 0) is 31.2 Å². The first-order chi connectivity index (χ1) is 12.4. The predicted octanol–water partition coefficient (Wildman–Crippen LogP) is 1.99. The maximum Gasteiger partial charge on any atom is 0.246 e. The lowest BCUT2D eigenvalue weighted by Gasteiger charge is -2.31. The molecule has 0 atom stereocenters. The monoisotopic (exact) mass is 394 g/mol. The number of hydrogen-bond acceptors (Lipinski definition) is 5. The van der Waals surface area contributed by atoms with Crippen molar-refractivity contribution in [1.82, 2.24) is 28.7 Å². The maximum atomic E-state index is 12.9. The Bertz CT molecular complexity index is 1070. The lowest BCUT2D eigenvalue weighted by molar-refractivity contribution is 0.319. The summed E-state index contributed by atoms with van der Waals surface area (Å²) in [5, 5.41) is 8.85. The molecule has 0 aromatic carbocycles. The molecule has 8 nitrogen and oxygen atoms in total. The summed E-state index contributed by atoms with van der Waals surface area (Å²) in [6, 6.07) is 1.80. The standard InChI is InChI=1S/C16H19ClN6O2S/c1-11-15(8-19-21(11)2)26(24,25)22-5-3-12(4-6-22)13-9-23-16(7-14(13)17)18-10-20-23/h7-10,12H,3-6H2,1-2H3. The first-order valence-electron chi connectivity index (χ1n) is 8.35. The molecule has 4 rings (SSSR count). The van der Waals surface area contributed by atoms with Crippen LogP contribution in [0.1, 0.15) is 30.0 Å². The van der Waals surface area contributed by atoms with E-state index >= 15 is 0 Å². The summed E-state index contributed by atoms with van der Waals surface area (Å²) in [4.78, 5) is 4.40. The van der Waals surface area contributed by atoms with Crippen LogP contribution in [0.4, 0.5) is 0 Å². The smallest absolute Gasteiger partial charge is 0.246 e. The van der Waals surface area contributed by atoms with Crippen molar-refractivity contribution in [3.05, 3.63) is 41.1 Å². The topological polar surface area (TPSA) is 85.4 Å². The van der Waals surface area contributed by atoms with Gasteiger partial charge < -0.3 is 0 Å². The van der Waals surface area contributed by atoms with Gasteiger partial charge in [0.25, 0.3) is 0 Å². The normalized spacial score (nSPS) is 17.2. The number of rotatable bonds is 3. The van der Waals surface area contributed by atoms with E-state index in [1.54, 1.807) is 29.2 Å². The first-order valence-corrected chi connectivity index (χ1v) is 10.2. The van der Waals surface area contributed by atoms with Crippen LogP contribution in [0.15, 0.2) is 29.7 Å². The lowest BCUT2D eigenvalue weighted by Crippen LogP contribution is -2.38. The van der Waals surface area contributed by atoms with Crippen LogP contribution in [-0.4, -0.2) is 50.2 Å². The minimum Gasteiger partial charge on any atom is -0.272 e. The van der Waals surface area contributed by atoms with Crippen molar-refractivity contribution in [3.8, 4) is 0 Å². The van der Waals surface area contributed by atoms with E-state index in [0.717, 1.165) is 5.56 Å². The second-order valence-corrected chi connectivity index (χ2v) is 8.85. The van der Waals surface area contributed by atoms with Crippen LogP contribution in [0.3, 0.4) is 0 Å². The maximum absolute atomic E-state index is 12.9. The van der Waals surface area contributed by atoms with Crippen LogP contribution in [0.25, 0.3) is 5.65 Å². The molecule has 1 aliphatic rings. The Balaban J connectivity index is 1.55. The molecule has 3 aromatic heterocycles. The van der Waals surface area contributed by atoms with Crippen LogP contribution < -0.4 is 0 Å². The summed E-state index contributed by atoms with van der Waals surface area (Å²) in [6.45, 7) is 2.67. The highest BCUT2D eigenvalue weighted by Crippen LogP contribution is 2.35. The average Bonchev–Trinajstić information content (AvgIpc) is 3.21. The van der Waals surface area contributed by atoms with E-state index in [9.17, 15) is 8.42 Å². The number of nitrogens with zero attached hydrogens (tertiary/aromatic N) is 6. The highest BCUT2D eigenvalue weighted by Gasteiger charge is 2.32. The molecule has 1 fully saturated rings. The number of piperidine rings is 1. The Morgan fingerprint density at radius 1 is 1.23 bits per heavy atom. The molecule has 26 heavy (non-hydrogen) atoms. The molecule has 0 bridgehead atoms. The number of pyridine rings is 1. The molecule has 1 saturated heterocycles. The highest BCUT2D eigenvalue weighted by molar-refractivity contribution is 7.89. The Morgan fingerprint density at radius 3 is 2.62 bits per heavy atom. The number of fused-ring (bicyclic) bond motifs is 1. The molecule has 0 aliphatic carbocycles. The van der Waals surface area contributed by atoms with Gasteiger partial charge >= 0.3 is 0 Å². The van der Waals surface area contributed by atoms with Gasteiger partial charge in [-0.2, -0.15) is 14.5 Å². The first kappa shape index (κ1) is 17.4. The van der Waals surface area contributed by atoms with E-state index in [2.05, 4.69) is 15.2 Å². The third-order valence-corrected chi connectivity index (χ3v) is 7.42. The van der Waals surface area contributed by atoms with E-state index in [4.69, 9.17) is 11.6 Å². The molecule has 0 unspecified atom stereocenters. The van der Waals surface area contributed by atoms with Gasteiger partial charge in [0, 0.05) is 37.4 Å². The summed E-state index contributed by atoms with van der Waals surface area (Å²) in [5.74, 6) is 0.192. The molecule has 0 spiro atoms. The number of aromatic nitrogens is 5. The van der Waals surface area contributed by atoms with Gasteiger partial charge in [-0.1, -0.05) is 11.6 Å². The molecule has 3 aromatic rings. The third-order valence-electron chi connectivity index (χ3n) is 5.10. The largest absolute Gasteiger partial charge is 0.272 e. The lowest BCUT2D eigenvalue weighted by atomic mass is 9.91. The van der Waals surface area contributed by atoms with Crippen molar-refractivity contribution in [1.29, 1.82) is 0 Å². The number of aryl methyl sites for hydroxylation is 1. The quantitative estimate of drug-likeness (QED) is 0.678. The summed E-state index contributed by atoms with van der Waals surface area (Å²) in [5.41, 5.74) is 2.33. The molecule has 0 saturated carbocycles. The Kier molecular flexibility index (Phi) is 4.25. The Hall–Kier alpha value is -1.97. The predicted molar refractivity (Wildman–Crippen MR) is 96.7 cm³/mol. The minimum absolute atomic E-state index is 0.192. The summed E-state index contributed by atoms with van der Waals surface area (Å²) < 4.78 is 30.6. The Morgan fingerprint density at radius 2 is 1.96 bits per heavy atom. The molecule has 10 heteroatoms. The van der Waals surface area contributed by atoms with E-state index < -0.39 is 10.0 Å². The number of sulfonamides is 1. The van der Waals surface area contributed by atoms with E-state index in [0.29, 0.717) is 42.3 Å².